The van der Waals surface area contributed by atoms with E-state index in [0.29, 0.717) is 17.6 Å². The molecule has 0 radical (unpaired) electrons. The fourth-order valence-corrected chi connectivity index (χ4v) is 2.75. The van der Waals surface area contributed by atoms with Crippen molar-refractivity contribution in [2.75, 3.05) is 13.1 Å². The van der Waals surface area contributed by atoms with Gasteiger partial charge in [-0.05, 0) is 33.6 Å². The molecule has 2 fully saturated rings. The second-order valence-electron chi connectivity index (χ2n) is 5.80. The predicted octanol–water partition coefficient (Wildman–Crippen LogP) is 2.09. The van der Waals surface area contributed by atoms with Crippen LogP contribution in [0.15, 0.2) is 0 Å². The van der Waals surface area contributed by atoms with Crippen molar-refractivity contribution in [3.8, 4) is 0 Å². The third-order valence-electron chi connectivity index (χ3n) is 3.74. The lowest BCUT2D eigenvalue weighted by atomic mass is 9.75. The van der Waals surface area contributed by atoms with Crippen LogP contribution in [0.4, 0.5) is 0 Å². The summed E-state index contributed by atoms with van der Waals surface area (Å²) < 4.78 is 0. The summed E-state index contributed by atoms with van der Waals surface area (Å²) in [5.74, 6) is 1.25. The molecule has 1 aliphatic carbocycles. The maximum absolute atomic E-state index is 11.9. The molecule has 1 aliphatic heterocycles. The van der Waals surface area contributed by atoms with Crippen LogP contribution in [0.2, 0.25) is 0 Å². The van der Waals surface area contributed by atoms with E-state index in [2.05, 4.69) is 25.7 Å². The summed E-state index contributed by atoms with van der Waals surface area (Å²) in [4.78, 5) is 14.3. The van der Waals surface area contributed by atoms with Gasteiger partial charge in [0.1, 0.15) is 5.78 Å². The van der Waals surface area contributed by atoms with Crippen LogP contribution in [0.5, 0.6) is 0 Å². The molecule has 0 aromatic carbocycles. The minimum Gasteiger partial charge on any atom is -0.299 e. The molecule has 0 aromatic heterocycles. The highest BCUT2D eigenvalue weighted by Crippen LogP contribution is 2.34. The molecule has 1 heterocycles. The van der Waals surface area contributed by atoms with Gasteiger partial charge < -0.3 is 0 Å². The maximum atomic E-state index is 11.9. The Morgan fingerprint density at radius 3 is 2.07 bits per heavy atom. The Balaban J connectivity index is 2.11. The van der Waals surface area contributed by atoms with E-state index in [1.54, 1.807) is 0 Å². The zero-order valence-electron chi connectivity index (χ0n) is 9.55. The summed E-state index contributed by atoms with van der Waals surface area (Å²) in [7, 11) is 0. The lowest BCUT2D eigenvalue weighted by molar-refractivity contribution is -0.136. The Hall–Kier alpha value is -0.370. The van der Waals surface area contributed by atoms with Gasteiger partial charge in [-0.1, -0.05) is 6.42 Å². The lowest BCUT2D eigenvalue weighted by Gasteiger charge is -2.46. The molecule has 14 heavy (non-hydrogen) atoms. The van der Waals surface area contributed by atoms with E-state index in [1.165, 1.54) is 6.42 Å². The first-order valence-electron chi connectivity index (χ1n) is 5.77. The van der Waals surface area contributed by atoms with E-state index in [0.717, 1.165) is 25.9 Å². The average molecular weight is 195 g/mol. The van der Waals surface area contributed by atoms with E-state index in [-0.39, 0.29) is 5.54 Å². The van der Waals surface area contributed by atoms with Gasteiger partial charge in [-0.25, -0.2) is 0 Å². The van der Waals surface area contributed by atoms with Crippen molar-refractivity contribution in [1.82, 2.24) is 4.90 Å². The van der Waals surface area contributed by atoms with Crippen molar-refractivity contribution in [1.29, 1.82) is 0 Å². The van der Waals surface area contributed by atoms with Crippen LogP contribution >= 0.6 is 0 Å². The number of carbonyl (C=O) groups is 1. The molecule has 1 saturated heterocycles. The third-order valence-corrected chi connectivity index (χ3v) is 3.74. The number of carbonyl (C=O) groups excluding carboxylic acids is 1. The summed E-state index contributed by atoms with van der Waals surface area (Å²) in [6.45, 7) is 8.74. The zero-order chi connectivity index (χ0) is 10.3. The first-order valence-corrected chi connectivity index (χ1v) is 5.77. The highest BCUT2D eigenvalue weighted by Gasteiger charge is 2.40. The molecule has 2 rings (SSSR count). The van der Waals surface area contributed by atoms with Crippen LogP contribution < -0.4 is 0 Å². The maximum Gasteiger partial charge on any atom is 0.141 e. The smallest absolute Gasteiger partial charge is 0.141 e. The number of hydrogen-bond acceptors (Lipinski definition) is 2. The third kappa shape index (κ3) is 1.72. The van der Waals surface area contributed by atoms with Crippen molar-refractivity contribution in [2.45, 2.75) is 45.6 Å². The van der Waals surface area contributed by atoms with E-state index in [1.807, 2.05) is 0 Å². The van der Waals surface area contributed by atoms with Crippen molar-refractivity contribution < 1.29 is 4.79 Å². The molecular weight excluding hydrogens is 174 g/mol. The van der Waals surface area contributed by atoms with Crippen molar-refractivity contribution in [2.24, 2.45) is 11.8 Å². The van der Waals surface area contributed by atoms with Gasteiger partial charge in [0.15, 0.2) is 0 Å². The second kappa shape index (κ2) is 3.34. The monoisotopic (exact) mass is 195 g/mol. The first-order chi connectivity index (χ1) is 6.48. The van der Waals surface area contributed by atoms with Gasteiger partial charge in [-0.15, -0.1) is 0 Å². The molecule has 1 saturated carbocycles. The SMILES string of the molecule is CC(C)(C)N1CC2CCCC(C1)C2=O. The Bertz CT molecular complexity index is 225. The molecule has 80 valence electrons. The highest BCUT2D eigenvalue weighted by molar-refractivity contribution is 5.85. The topological polar surface area (TPSA) is 20.3 Å². The number of fused-ring (bicyclic) bond motifs is 2. The number of Topliss-reactive ketones (excluding diaryl/α,β-unsaturated/α-hetero) is 1. The number of nitrogens with zero attached hydrogens (tertiary/aromatic N) is 1. The molecule has 0 N–H and O–H groups in total. The number of hydrogen-bond donors (Lipinski definition) is 0. The van der Waals surface area contributed by atoms with Crippen LogP contribution in [0.25, 0.3) is 0 Å². The van der Waals surface area contributed by atoms with Gasteiger partial charge in [-0.3, -0.25) is 9.69 Å². The second-order valence-corrected chi connectivity index (χ2v) is 5.80. The molecule has 2 aliphatic rings. The molecule has 0 amide bonds. The van der Waals surface area contributed by atoms with Crippen LogP contribution in [-0.2, 0) is 4.79 Å². The van der Waals surface area contributed by atoms with Crippen molar-refractivity contribution >= 4 is 5.78 Å². The summed E-state index contributed by atoms with van der Waals surface area (Å²) in [6, 6.07) is 0. The molecular formula is C12H21NO. The fourth-order valence-electron chi connectivity index (χ4n) is 2.75. The minimum atomic E-state index is 0.231. The van der Waals surface area contributed by atoms with Gasteiger partial charge in [0.05, 0.1) is 0 Å². The molecule has 2 atom stereocenters. The number of ketones is 1. The van der Waals surface area contributed by atoms with E-state index < -0.39 is 0 Å². The van der Waals surface area contributed by atoms with Crippen LogP contribution in [0, 0.1) is 11.8 Å². The van der Waals surface area contributed by atoms with Gasteiger partial charge in [0.25, 0.3) is 0 Å². The summed E-state index contributed by atoms with van der Waals surface area (Å²) in [6.07, 6.45) is 3.52. The average Bonchev–Trinajstić information content (AvgIpc) is 2.00. The Labute approximate surface area is 86.7 Å². The number of likely N-dealkylation sites (tertiary alicyclic amines) is 1. The van der Waals surface area contributed by atoms with Gasteiger partial charge >= 0.3 is 0 Å². The predicted molar refractivity (Wildman–Crippen MR) is 57.2 cm³/mol. The first kappa shape index (κ1) is 10.2. The standard InChI is InChI=1S/C12H21NO/c1-12(2,3)13-7-9-5-4-6-10(8-13)11(9)14/h9-10H,4-8H2,1-3H3. The largest absolute Gasteiger partial charge is 0.299 e. The molecule has 2 nitrogen and oxygen atoms in total. The zero-order valence-corrected chi connectivity index (χ0v) is 9.55. The Morgan fingerprint density at radius 2 is 1.64 bits per heavy atom. The Morgan fingerprint density at radius 1 is 1.14 bits per heavy atom. The van der Waals surface area contributed by atoms with Gasteiger partial charge in [-0.2, -0.15) is 0 Å². The number of piperidine rings is 1. The molecule has 0 aromatic rings. The van der Waals surface area contributed by atoms with Crippen LogP contribution in [0.3, 0.4) is 0 Å². The molecule has 2 bridgehead atoms. The summed E-state index contributed by atoms with van der Waals surface area (Å²) >= 11 is 0. The highest BCUT2D eigenvalue weighted by atomic mass is 16.1. The quantitative estimate of drug-likeness (QED) is 0.590. The van der Waals surface area contributed by atoms with Gasteiger partial charge in [0.2, 0.25) is 0 Å². The van der Waals surface area contributed by atoms with Gasteiger partial charge in [0, 0.05) is 30.5 Å². The van der Waals surface area contributed by atoms with E-state index in [9.17, 15) is 4.79 Å². The summed E-state index contributed by atoms with van der Waals surface area (Å²) in [5, 5.41) is 0. The lowest BCUT2D eigenvalue weighted by Crippen LogP contribution is -2.55. The van der Waals surface area contributed by atoms with Crippen LogP contribution in [0.1, 0.15) is 40.0 Å². The summed E-state index contributed by atoms with van der Waals surface area (Å²) in [5.41, 5.74) is 0.231. The molecule has 2 heteroatoms. The number of rotatable bonds is 0. The van der Waals surface area contributed by atoms with Crippen molar-refractivity contribution in [3.05, 3.63) is 0 Å². The Kier molecular flexibility index (Phi) is 2.42. The van der Waals surface area contributed by atoms with Crippen molar-refractivity contribution in [3.63, 3.8) is 0 Å². The normalized spacial score (nSPS) is 34.6. The fraction of sp³-hybridized carbons (Fsp3) is 0.917. The molecule has 2 unspecified atom stereocenters. The van der Waals surface area contributed by atoms with Crippen LogP contribution in [-0.4, -0.2) is 29.3 Å². The van der Waals surface area contributed by atoms with E-state index in [4.69, 9.17) is 0 Å². The van der Waals surface area contributed by atoms with E-state index >= 15 is 0 Å². The molecule has 0 spiro atoms. The minimum absolute atomic E-state index is 0.231.